The lowest BCUT2D eigenvalue weighted by atomic mass is 9.77. The molecule has 0 saturated heterocycles. The Bertz CT molecular complexity index is 741. The molecule has 0 aromatic heterocycles. The minimum atomic E-state index is 0.449. The van der Waals surface area contributed by atoms with E-state index in [0.29, 0.717) is 11.8 Å². The Kier molecular flexibility index (Phi) is 4.41. The Morgan fingerprint density at radius 2 is 2.12 bits per heavy atom. The van der Waals surface area contributed by atoms with Crippen LogP contribution in [0.15, 0.2) is 81.1 Å². The minimum absolute atomic E-state index is 0.449. The molecule has 2 unspecified atom stereocenters. The maximum Gasteiger partial charge on any atom is 0.0429 e. The van der Waals surface area contributed by atoms with Crippen molar-refractivity contribution >= 4 is 12.4 Å². The van der Waals surface area contributed by atoms with E-state index in [2.05, 4.69) is 58.0 Å². The first-order valence-electron chi connectivity index (χ1n) is 8.80. The zero-order valence-corrected chi connectivity index (χ0v) is 13.9. The predicted molar refractivity (Wildman–Crippen MR) is 101 cm³/mol. The average molecular weight is 317 g/mol. The predicted octanol–water partition coefficient (Wildman–Crippen LogP) is 3.91. The highest BCUT2D eigenvalue weighted by Crippen LogP contribution is 2.37. The maximum absolute atomic E-state index is 4.34. The molecule has 3 heterocycles. The summed E-state index contributed by atoms with van der Waals surface area (Å²) >= 11 is 0. The molecule has 0 saturated carbocycles. The molecule has 4 rings (SSSR count). The second-order valence-corrected chi connectivity index (χ2v) is 6.61. The molecule has 1 aliphatic carbocycles. The molecule has 122 valence electrons. The van der Waals surface area contributed by atoms with E-state index >= 15 is 0 Å². The Hall–Kier alpha value is -2.42. The lowest BCUT2D eigenvalue weighted by Gasteiger charge is -2.28. The molecule has 3 heteroatoms. The van der Waals surface area contributed by atoms with Crippen molar-refractivity contribution in [2.75, 3.05) is 13.1 Å². The summed E-state index contributed by atoms with van der Waals surface area (Å²) in [6.45, 7) is 1.84. The van der Waals surface area contributed by atoms with E-state index in [1.165, 1.54) is 22.3 Å². The van der Waals surface area contributed by atoms with Gasteiger partial charge < -0.3 is 5.32 Å². The Balaban J connectivity index is 1.67. The smallest absolute Gasteiger partial charge is 0.0429 e. The molecule has 0 radical (unpaired) electrons. The number of allylic oxidation sites excluding steroid dienone is 8. The zero-order valence-electron chi connectivity index (χ0n) is 13.9. The summed E-state index contributed by atoms with van der Waals surface area (Å²) in [5, 5.41) is 3.25. The third-order valence-electron chi connectivity index (χ3n) is 5.05. The molecule has 24 heavy (non-hydrogen) atoms. The standard InChI is InChI=1S/C21H23N3/c1-7-22-8-2-16(1)19-13-20(17-3-9-23-10-4-17)15-21(14-19)18-5-11-24-12-6-18/h1-3,5,7,9-11,13,15,17,19,22H,4,6,8,12,14H2. The number of nitrogens with zero attached hydrogens (tertiary/aromatic N) is 2. The van der Waals surface area contributed by atoms with Crippen LogP contribution in [0.1, 0.15) is 19.3 Å². The summed E-state index contributed by atoms with van der Waals surface area (Å²) in [5.74, 6) is 0.912. The van der Waals surface area contributed by atoms with Crippen molar-refractivity contribution in [3.8, 4) is 0 Å². The van der Waals surface area contributed by atoms with Crippen LogP contribution < -0.4 is 5.32 Å². The van der Waals surface area contributed by atoms with Crippen LogP contribution in [0, 0.1) is 11.8 Å². The van der Waals surface area contributed by atoms with Crippen molar-refractivity contribution in [1.82, 2.24) is 5.32 Å². The number of hydrogen-bond donors (Lipinski definition) is 1. The van der Waals surface area contributed by atoms with Crippen molar-refractivity contribution in [3.05, 3.63) is 71.1 Å². The largest absolute Gasteiger partial charge is 0.387 e. The first-order chi connectivity index (χ1) is 11.9. The van der Waals surface area contributed by atoms with Crippen molar-refractivity contribution in [2.24, 2.45) is 21.8 Å². The van der Waals surface area contributed by atoms with Gasteiger partial charge in [-0.3, -0.25) is 9.98 Å². The fraction of sp³-hybridized carbons (Fsp3) is 0.333. The zero-order chi connectivity index (χ0) is 16.2. The third-order valence-corrected chi connectivity index (χ3v) is 5.05. The van der Waals surface area contributed by atoms with Gasteiger partial charge in [0.15, 0.2) is 0 Å². The van der Waals surface area contributed by atoms with E-state index in [1.807, 2.05) is 18.6 Å². The van der Waals surface area contributed by atoms with Gasteiger partial charge in [-0.2, -0.15) is 0 Å². The van der Waals surface area contributed by atoms with Crippen molar-refractivity contribution in [3.63, 3.8) is 0 Å². The fourth-order valence-electron chi connectivity index (χ4n) is 3.72. The van der Waals surface area contributed by atoms with Gasteiger partial charge in [0.05, 0.1) is 0 Å². The molecular formula is C21H23N3. The second-order valence-electron chi connectivity index (χ2n) is 6.61. The normalized spacial score (nSPS) is 28.7. The van der Waals surface area contributed by atoms with Crippen LogP contribution in [0.25, 0.3) is 0 Å². The van der Waals surface area contributed by atoms with Crippen LogP contribution >= 0.6 is 0 Å². The lowest BCUT2D eigenvalue weighted by molar-refractivity contribution is 0.697. The highest BCUT2D eigenvalue weighted by atomic mass is 14.8. The Morgan fingerprint density at radius 1 is 1.12 bits per heavy atom. The van der Waals surface area contributed by atoms with E-state index < -0.39 is 0 Å². The average Bonchev–Trinajstić information content (AvgIpc) is 2.70. The SMILES string of the molecule is C1=CC(C2=CC(C3=CCNC=C3)CC(C3=CC=NCC3)=C2)CC=N1. The number of hydrogen-bond acceptors (Lipinski definition) is 3. The summed E-state index contributed by atoms with van der Waals surface area (Å²) in [5.41, 5.74) is 5.79. The van der Waals surface area contributed by atoms with Crippen LogP contribution in [-0.4, -0.2) is 25.5 Å². The number of nitrogens with one attached hydrogen (secondary N) is 1. The highest BCUT2D eigenvalue weighted by Gasteiger charge is 2.23. The molecule has 4 aliphatic rings. The van der Waals surface area contributed by atoms with Gasteiger partial charge in [-0.1, -0.05) is 24.3 Å². The van der Waals surface area contributed by atoms with E-state index in [9.17, 15) is 0 Å². The van der Waals surface area contributed by atoms with Gasteiger partial charge in [0.25, 0.3) is 0 Å². The van der Waals surface area contributed by atoms with E-state index in [4.69, 9.17) is 0 Å². The molecule has 3 nitrogen and oxygen atoms in total. The van der Waals surface area contributed by atoms with Gasteiger partial charge in [-0.15, -0.1) is 0 Å². The molecule has 0 aromatic rings. The molecule has 0 fully saturated rings. The number of dihydropyridines is 2. The van der Waals surface area contributed by atoms with Gasteiger partial charge in [0.1, 0.15) is 0 Å². The minimum Gasteiger partial charge on any atom is -0.387 e. The number of rotatable bonds is 3. The Labute approximate surface area is 143 Å². The van der Waals surface area contributed by atoms with Crippen molar-refractivity contribution < 1.29 is 0 Å². The summed E-state index contributed by atoms with van der Waals surface area (Å²) < 4.78 is 0. The fourth-order valence-corrected chi connectivity index (χ4v) is 3.72. The van der Waals surface area contributed by atoms with Crippen LogP contribution in [0.5, 0.6) is 0 Å². The second kappa shape index (κ2) is 7.00. The van der Waals surface area contributed by atoms with Crippen LogP contribution in [-0.2, 0) is 0 Å². The topological polar surface area (TPSA) is 36.8 Å². The number of aliphatic imine (C=N–C) groups is 2. The molecule has 3 aliphatic heterocycles. The summed E-state index contributed by atoms with van der Waals surface area (Å²) in [7, 11) is 0. The van der Waals surface area contributed by atoms with Gasteiger partial charge in [-0.25, -0.2) is 0 Å². The lowest BCUT2D eigenvalue weighted by Crippen LogP contribution is -2.17. The highest BCUT2D eigenvalue weighted by molar-refractivity contribution is 5.75. The van der Waals surface area contributed by atoms with Gasteiger partial charge >= 0.3 is 0 Å². The quantitative estimate of drug-likeness (QED) is 0.842. The molecule has 0 aromatic carbocycles. The van der Waals surface area contributed by atoms with Gasteiger partial charge in [0, 0.05) is 43.6 Å². The molecular weight excluding hydrogens is 294 g/mol. The van der Waals surface area contributed by atoms with E-state index in [0.717, 1.165) is 32.4 Å². The monoisotopic (exact) mass is 317 g/mol. The van der Waals surface area contributed by atoms with Crippen molar-refractivity contribution in [1.29, 1.82) is 0 Å². The van der Waals surface area contributed by atoms with Gasteiger partial charge in [-0.05, 0) is 59.9 Å². The van der Waals surface area contributed by atoms with Crippen LogP contribution in [0.4, 0.5) is 0 Å². The summed E-state index contributed by atoms with van der Waals surface area (Å²) in [6, 6.07) is 0. The molecule has 1 N–H and O–H groups in total. The molecule has 0 amide bonds. The first kappa shape index (κ1) is 15.1. The van der Waals surface area contributed by atoms with E-state index in [1.54, 1.807) is 0 Å². The molecule has 2 atom stereocenters. The summed E-state index contributed by atoms with van der Waals surface area (Å²) in [4.78, 5) is 8.56. The van der Waals surface area contributed by atoms with Crippen LogP contribution in [0.2, 0.25) is 0 Å². The summed E-state index contributed by atoms with van der Waals surface area (Å²) in [6.07, 6.45) is 25.0. The third kappa shape index (κ3) is 3.25. The first-order valence-corrected chi connectivity index (χ1v) is 8.80. The maximum atomic E-state index is 4.34. The van der Waals surface area contributed by atoms with Crippen LogP contribution in [0.3, 0.4) is 0 Å². The van der Waals surface area contributed by atoms with Gasteiger partial charge in [0.2, 0.25) is 0 Å². The van der Waals surface area contributed by atoms with E-state index in [-0.39, 0.29) is 0 Å². The van der Waals surface area contributed by atoms with Crippen molar-refractivity contribution in [2.45, 2.75) is 19.3 Å². The Morgan fingerprint density at radius 3 is 2.88 bits per heavy atom. The molecule has 0 spiro atoms. The molecule has 0 bridgehead atoms.